The van der Waals surface area contributed by atoms with Crippen molar-refractivity contribution in [2.45, 2.75) is 25.2 Å². The Morgan fingerprint density at radius 3 is 2.52 bits per heavy atom. The Kier molecular flexibility index (Phi) is 3.99. The fourth-order valence-electron chi connectivity index (χ4n) is 2.03. The lowest BCUT2D eigenvalue weighted by molar-refractivity contribution is 0.141. The quantitative estimate of drug-likeness (QED) is 0.943. The van der Waals surface area contributed by atoms with Crippen LogP contribution in [0.3, 0.4) is 0 Å². The number of halogens is 2. The third kappa shape index (κ3) is 3.05. The molecule has 1 aromatic heterocycles. The highest BCUT2D eigenvalue weighted by Gasteiger charge is 2.25. The summed E-state index contributed by atoms with van der Waals surface area (Å²) in [6.45, 7) is 3.22. The minimum Gasteiger partial charge on any atom is -0.276 e. The highest BCUT2D eigenvalue weighted by Crippen LogP contribution is 2.31. The third-order valence-electron chi connectivity index (χ3n) is 3.01. The Hall–Kier alpha value is -1.96. The van der Waals surface area contributed by atoms with E-state index in [1.165, 1.54) is 26.1 Å². The Labute approximate surface area is 121 Å². The monoisotopic (exact) mass is 315 g/mol. The van der Waals surface area contributed by atoms with Crippen LogP contribution in [-0.4, -0.2) is 18.2 Å². The normalized spacial score (nSPS) is 11.9. The zero-order valence-electron chi connectivity index (χ0n) is 11.8. The summed E-state index contributed by atoms with van der Waals surface area (Å²) in [4.78, 5) is 0.0194. The number of aromatic nitrogens is 2. The molecule has 0 unspecified atom stereocenters. The number of alkyl halides is 2. The Balaban J connectivity index is 2.47. The molecule has 114 valence electrons. The van der Waals surface area contributed by atoms with Crippen molar-refractivity contribution in [3.8, 4) is 0 Å². The van der Waals surface area contributed by atoms with Crippen molar-refractivity contribution in [3.05, 3.63) is 41.2 Å². The van der Waals surface area contributed by atoms with Gasteiger partial charge in [0.2, 0.25) is 0 Å². The van der Waals surface area contributed by atoms with Crippen molar-refractivity contribution in [2.24, 2.45) is 7.05 Å². The molecule has 1 heterocycles. The van der Waals surface area contributed by atoms with E-state index in [0.29, 0.717) is 0 Å². The highest BCUT2D eigenvalue weighted by atomic mass is 32.2. The van der Waals surface area contributed by atoms with Crippen LogP contribution in [-0.2, 0) is 17.1 Å². The van der Waals surface area contributed by atoms with E-state index < -0.39 is 22.1 Å². The Bertz CT molecular complexity index is 770. The van der Waals surface area contributed by atoms with Crippen LogP contribution >= 0.6 is 0 Å². The first kappa shape index (κ1) is 15.4. The van der Waals surface area contributed by atoms with Crippen LogP contribution in [0.1, 0.15) is 23.4 Å². The van der Waals surface area contributed by atoms with Crippen molar-refractivity contribution in [1.29, 1.82) is 0 Å². The Morgan fingerprint density at radius 1 is 1.29 bits per heavy atom. The van der Waals surface area contributed by atoms with Gasteiger partial charge < -0.3 is 0 Å². The number of nitrogens with one attached hydrogen (secondary N) is 1. The molecule has 0 saturated carbocycles. The number of aryl methyl sites for hydroxylation is 3. The zero-order chi connectivity index (χ0) is 15.8. The molecular formula is C13H15F2N3O2S. The molecule has 0 amide bonds. The number of anilines is 1. The topological polar surface area (TPSA) is 64.0 Å². The molecule has 0 aliphatic heterocycles. The molecule has 2 rings (SSSR count). The van der Waals surface area contributed by atoms with E-state index in [4.69, 9.17) is 0 Å². The summed E-state index contributed by atoms with van der Waals surface area (Å²) in [7, 11) is -2.59. The molecule has 21 heavy (non-hydrogen) atoms. The number of rotatable bonds is 4. The predicted octanol–water partition coefficient (Wildman–Crippen LogP) is 2.78. The van der Waals surface area contributed by atoms with Gasteiger partial charge in [-0.05, 0) is 31.5 Å². The summed E-state index contributed by atoms with van der Waals surface area (Å²) in [5, 5.41) is 3.84. The number of benzene rings is 1. The van der Waals surface area contributed by atoms with E-state index in [1.54, 1.807) is 19.1 Å². The van der Waals surface area contributed by atoms with E-state index >= 15 is 0 Å². The maximum absolute atomic E-state index is 13.0. The van der Waals surface area contributed by atoms with Crippen LogP contribution in [0.4, 0.5) is 14.5 Å². The lowest BCUT2D eigenvalue weighted by Crippen LogP contribution is -2.15. The minimum absolute atomic E-state index is 0.0194. The zero-order valence-corrected chi connectivity index (χ0v) is 12.6. The number of hydrogen-bond acceptors (Lipinski definition) is 3. The second kappa shape index (κ2) is 5.44. The summed E-state index contributed by atoms with van der Waals surface area (Å²) >= 11 is 0. The molecule has 2 aromatic rings. The van der Waals surface area contributed by atoms with E-state index in [2.05, 4.69) is 9.82 Å². The smallest absolute Gasteiger partial charge is 0.276 e. The molecule has 0 bridgehead atoms. The van der Waals surface area contributed by atoms with Crippen LogP contribution in [0.15, 0.2) is 29.2 Å². The fourth-order valence-corrected chi connectivity index (χ4v) is 3.27. The lowest BCUT2D eigenvalue weighted by Gasteiger charge is -2.10. The summed E-state index contributed by atoms with van der Waals surface area (Å²) < 4.78 is 53.9. The molecule has 8 heteroatoms. The molecule has 0 fully saturated rings. The van der Waals surface area contributed by atoms with Crippen LogP contribution in [0, 0.1) is 13.8 Å². The predicted molar refractivity (Wildman–Crippen MR) is 74.9 cm³/mol. The van der Waals surface area contributed by atoms with Gasteiger partial charge in [0.1, 0.15) is 5.69 Å². The molecule has 0 aliphatic carbocycles. The van der Waals surface area contributed by atoms with E-state index in [-0.39, 0.29) is 16.3 Å². The minimum atomic E-state index is -3.94. The van der Waals surface area contributed by atoms with E-state index in [9.17, 15) is 17.2 Å². The molecule has 1 N–H and O–H groups in total. The maximum atomic E-state index is 13.0. The van der Waals surface area contributed by atoms with E-state index in [1.807, 2.05) is 0 Å². The second-order valence-corrected chi connectivity index (χ2v) is 6.37. The van der Waals surface area contributed by atoms with Crippen molar-refractivity contribution in [1.82, 2.24) is 9.78 Å². The van der Waals surface area contributed by atoms with Crippen LogP contribution in [0.2, 0.25) is 0 Å². The van der Waals surface area contributed by atoms with Gasteiger partial charge in [0.05, 0.1) is 16.3 Å². The second-order valence-electron chi connectivity index (χ2n) is 4.69. The van der Waals surface area contributed by atoms with E-state index in [0.717, 1.165) is 10.2 Å². The molecular weight excluding hydrogens is 300 g/mol. The maximum Gasteiger partial charge on any atom is 0.282 e. The van der Waals surface area contributed by atoms with Crippen LogP contribution in [0.25, 0.3) is 0 Å². The largest absolute Gasteiger partial charge is 0.282 e. The summed E-state index contributed by atoms with van der Waals surface area (Å²) in [5.41, 5.74) is 0.330. The molecule has 0 aliphatic rings. The van der Waals surface area contributed by atoms with Gasteiger partial charge in [0, 0.05) is 7.05 Å². The standard InChI is InChI=1S/C13H15F2N3O2S/c1-8-5-4-6-10(7-8)21(19,20)17-11-9(2)16-18(3)12(11)13(14)15/h4-7,13,17H,1-3H3. The van der Waals surface area contributed by atoms with Gasteiger partial charge >= 0.3 is 0 Å². The van der Waals surface area contributed by atoms with Gasteiger partial charge in [-0.3, -0.25) is 9.40 Å². The molecule has 1 aromatic carbocycles. The van der Waals surface area contributed by atoms with Gasteiger partial charge in [-0.1, -0.05) is 12.1 Å². The van der Waals surface area contributed by atoms with Crippen molar-refractivity contribution < 1.29 is 17.2 Å². The third-order valence-corrected chi connectivity index (χ3v) is 4.36. The summed E-state index contributed by atoms with van der Waals surface area (Å²) in [6, 6.07) is 6.21. The van der Waals surface area contributed by atoms with Crippen molar-refractivity contribution in [3.63, 3.8) is 0 Å². The SMILES string of the molecule is Cc1cccc(S(=O)(=O)Nc2c(C)nn(C)c2C(F)F)c1. The highest BCUT2D eigenvalue weighted by molar-refractivity contribution is 7.92. The molecule has 0 saturated heterocycles. The average molecular weight is 315 g/mol. The molecule has 0 spiro atoms. The van der Waals surface area contributed by atoms with Crippen molar-refractivity contribution >= 4 is 15.7 Å². The fraction of sp³-hybridized carbons (Fsp3) is 0.308. The van der Waals surface area contributed by atoms with Gasteiger partial charge in [-0.2, -0.15) is 5.10 Å². The van der Waals surface area contributed by atoms with Gasteiger partial charge in [0.15, 0.2) is 0 Å². The molecule has 5 nitrogen and oxygen atoms in total. The van der Waals surface area contributed by atoms with Gasteiger partial charge in [-0.15, -0.1) is 0 Å². The Morgan fingerprint density at radius 2 is 1.95 bits per heavy atom. The van der Waals surface area contributed by atoms with Crippen molar-refractivity contribution in [2.75, 3.05) is 4.72 Å². The average Bonchev–Trinajstić information content (AvgIpc) is 2.63. The summed E-state index contributed by atoms with van der Waals surface area (Å²) in [5.74, 6) is 0. The van der Waals surface area contributed by atoms with Crippen LogP contribution in [0.5, 0.6) is 0 Å². The first-order valence-electron chi connectivity index (χ1n) is 6.13. The van der Waals surface area contributed by atoms with Crippen LogP contribution < -0.4 is 4.72 Å². The summed E-state index contributed by atoms with van der Waals surface area (Å²) in [6.07, 6.45) is -2.83. The molecule has 0 radical (unpaired) electrons. The number of hydrogen-bond donors (Lipinski definition) is 1. The number of sulfonamides is 1. The van der Waals surface area contributed by atoms with Gasteiger partial charge in [-0.25, -0.2) is 17.2 Å². The first-order chi connectivity index (χ1) is 9.72. The molecule has 0 atom stereocenters. The number of nitrogens with zero attached hydrogens (tertiary/aromatic N) is 2. The van der Waals surface area contributed by atoms with Gasteiger partial charge in [0.25, 0.3) is 16.4 Å². The first-order valence-corrected chi connectivity index (χ1v) is 7.62. The lowest BCUT2D eigenvalue weighted by atomic mass is 10.2.